The normalized spacial score (nSPS) is 15.3. The summed E-state index contributed by atoms with van der Waals surface area (Å²) in [4.78, 5) is 4.68. The number of benzene rings is 1. The van der Waals surface area contributed by atoms with Crippen molar-refractivity contribution in [3.05, 3.63) is 54.6 Å². The first kappa shape index (κ1) is 23.9. The number of hydrogen-bond donors (Lipinski definition) is 0. The highest BCUT2D eigenvalue weighted by Gasteiger charge is 2.22. The molecule has 178 valence electrons. The van der Waals surface area contributed by atoms with Crippen LogP contribution in [-0.2, 0) is 0 Å². The fraction of sp³-hybridized carbons (Fsp3) is 0.304. The van der Waals surface area contributed by atoms with Crippen molar-refractivity contribution in [2.45, 2.75) is 18.9 Å². The Morgan fingerprint density at radius 2 is 1.85 bits per heavy atom. The maximum Gasteiger partial charge on any atom is 0.168 e. The van der Waals surface area contributed by atoms with Gasteiger partial charge in [-0.25, -0.2) is 13.8 Å². The summed E-state index contributed by atoms with van der Waals surface area (Å²) in [6, 6.07) is 4.50. The van der Waals surface area contributed by atoms with Crippen LogP contribution < -0.4 is 4.74 Å². The molecule has 0 amide bonds. The quantitative estimate of drug-likeness (QED) is 0.180. The Morgan fingerprint density at radius 3 is 2.56 bits per heavy atom. The Morgan fingerprint density at radius 1 is 1.06 bits per heavy atom. The molecule has 4 aromatic rings. The molecule has 0 N–H and O–H groups in total. The number of pyridine rings is 1. The van der Waals surface area contributed by atoms with Crippen LogP contribution in [0, 0.1) is 11.6 Å². The van der Waals surface area contributed by atoms with E-state index in [0.717, 1.165) is 48.5 Å². The van der Waals surface area contributed by atoms with E-state index in [1.54, 1.807) is 11.9 Å². The topological polar surface area (TPSA) is 48.1 Å². The molecule has 0 saturated carbocycles. The molecule has 1 aliphatic rings. The molecule has 34 heavy (non-hydrogen) atoms. The van der Waals surface area contributed by atoms with Crippen LogP contribution in [0.2, 0.25) is 0 Å². The molecule has 0 atom stereocenters. The van der Waals surface area contributed by atoms with Crippen molar-refractivity contribution in [2.75, 3.05) is 26.5 Å². The van der Waals surface area contributed by atoms with E-state index in [1.165, 1.54) is 22.3 Å². The van der Waals surface area contributed by atoms with Gasteiger partial charge in [0.25, 0.3) is 0 Å². The second-order valence-electron chi connectivity index (χ2n) is 8.05. The second kappa shape index (κ2) is 10.0. The third kappa shape index (κ3) is 4.42. The highest BCUT2D eigenvalue weighted by Crippen LogP contribution is 2.41. The maximum absolute atomic E-state index is 14.4. The zero-order valence-corrected chi connectivity index (χ0v) is 22.3. The van der Waals surface area contributed by atoms with Crippen LogP contribution in [0.5, 0.6) is 5.75 Å². The van der Waals surface area contributed by atoms with Gasteiger partial charge in [-0.2, -0.15) is 5.10 Å². The van der Waals surface area contributed by atoms with Gasteiger partial charge in [0.2, 0.25) is 0 Å². The predicted molar refractivity (Wildman–Crippen MR) is 143 cm³/mol. The minimum atomic E-state index is -0.738. The molecular formula is C23H22F2IN5OS2. The number of hydrogen-bond acceptors (Lipinski definition) is 6. The number of halogens is 3. The highest BCUT2D eigenvalue weighted by molar-refractivity contribution is 14.2. The van der Waals surface area contributed by atoms with E-state index in [2.05, 4.69) is 52.7 Å². The summed E-state index contributed by atoms with van der Waals surface area (Å²) in [6.07, 6.45) is 11.8. The standard InChI is InChI=1S/C23H22F2IN5OS2/c1-32-22-18(8-16(24)9-21(22)25)20-13-31(34-26)23-19(20)7-14(10-27-23)15-11-28-30(12-15)17-3-5-29(33-2)6-4-17/h7-13,17H,3-6H2,1-2H3. The van der Waals surface area contributed by atoms with Crippen LogP contribution in [0.1, 0.15) is 18.9 Å². The van der Waals surface area contributed by atoms with Crippen LogP contribution >= 0.6 is 42.3 Å². The van der Waals surface area contributed by atoms with Crippen molar-refractivity contribution in [2.24, 2.45) is 0 Å². The largest absolute Gasteiger partial charge is 0.493 e. The Bertz CT molecular complexity index is 1340. The lowest BCUT2D eigenvalue weighted by molar-refractivity contribution is 0.276. The number of nitrogens with zero attached hydrogens (tertiary/aromatic N) is 5. The Kier molecular flexibility index (Phi) is 7.05. The van der Waals surface area contributed by atoms with Crippen LogP contribution in [0.3, 0.4) is 0 Å². The Labute approximate surface area is 216 Å². The molecule has 1 aliphatic heterocycles. The molecule has 1 fully saturated rings. The summed E-state index contributed by atoms with van der Waals surface area (Å²) >= 11 is 3.95. The van der Waals surface area contributed by atoms with Crippen molar-refractivity contribution in [1.29, 1.82) is 0 Å². The van der Waals surface area contributed by atoms with Gasteiger partial charge in [0, 0.05) is 95.7 Å². The lowest BCUT2D eigenvalue weighted by atomic mass is 10.0. The fourth-order valence-corrected chi connectivity index (χ4v) is 6.28. The van der Waals surface area contributed by atoms with E-state index in [0.29, 0.717) is 22.8 Å². The van der Waals surface area contributed by atoms with Crippen molar-refractivity contribution >= 4 is 53.3 Å². The molecule has 0 radical (unpaired) electrons. The first-order valence-corrected chi connectivity index (χ1v) is 15.2. The predicted octanol–water partition coefficient (Wildman–Crippen LogP) is 6.61. The molecule has 0 unspecified atom stereocenters. The van der Waals surface area contributed by atoms with E-state index in [-0.39, 0.29) is 5.75 Å². The average molecular weight is 613 g/mol. The molecule has 11 heteroatoms. The van der Waals surface area contributed by atoms with E-state index >= 15 is 0 Å². The first-order valence-electron chi connectivity index (χ1n) is 10.7. The zero-order chi connectivity index (χ0) is 23.8. The van der Waals surface area contributed by atoms with Crippen LogP contribution in [0.4, 0.5) is 8.78 Å². The Hall–Kier alpha value is -1.83. The second-order valence-corrected chi connectivity index (χ2v) is 10.6. The summed E-state index contributed by atoms with van der Waals surface area (Å²) in [6.45, 7) is 2.09. The van der Waals surface area contributed by atoms with Gasteiger partial charge in [-0.3, -0.25) is 13.0 Å². The maximum atomic E-state index is 14.4. The van der Waals surface area contributed by atoms with Gasteiger partial charge in [0.1, 0.15) is 5.82 Å². The van der Waals surface area contributed by atoms with Gasteiger partial charge < -0.3 is 4.74 Å². The molecule has 5 rings (SSSR count). The number of methoxy groups -OCH3 is 1. The van der Waals surface area contributed by atoms with Gasteiger partial charge in [-0.15, -0.1) is 0 Å². The van der Waals surface area contributed by atoms with Crippen LogP contribution in [0.15, 0.2) is 43.0 Å². The number of aromatic nitrogens is 4. The smallest absolute Gasteiger partial charge is 0.168 e. The third-order valence-electron chi connectivity index (χ3n) is 6.18. The van der Waals surface area contributed by atoms with E-state index in [1.807, 2.05) is 28.6 Å². The molecule has 6 nitrogen and oxygen atoms in total. The summed E-state index contributed by atoms with van der Waals surface area (Å²) < 4.78 is 40.2. The van der Waals surface area contributed by atoms with Crippen LogP contribution in [-0.4, -0.2) is 49.5 Å². The molecule has 1 aromatic carbocycles. The average Bonchev–Trinajstić information content (AvgIpc) is 3.48. The Balaban J connectivity index is 1.56. The van der Waals surface area contributed by atoms with Gasteiger partial charge in [-0.05, 0) is 31.2 Å². The van der Waals surface area contributed by atoms with Gasteiger partial charge in [-0.1, -0.05) is 11.9 Å². The number of piperidine rings is 1. The lowest BCUT2D eigenvalue weighted by Gasteiger charge is -2.30. The van der Waals surface area contributed by atoms with E-state index < -0.39 is 11.6 Å². The minimum Gasteiger partial charge on any atom is -0.493 e. The summed E-state index contributed by atoms with van der Waals surface area (Å²) in [5, 5.41) is 5.42. The fourth-order valence-electron chi connectivity index (χ4n) is 4.45. The third-order valence-corrected chi connectivity index (χ3v) is 8.76. The molecular weight excluding hydrogens is 591 g/mol. The van der Waals surface area contributed by atoms with Crippen molar-refractivity contribution in [1.82, 2.24) is 23.0 Å². The molecule has 0 spiro atoms. The summed E-state index contributed by atoms with van der Waals surface area (Å²) in [5.74, 6) is -1.39. The summed E-state index contributed by atoms with van der Waals surface area (Å²) in [5.41, 5.74) is 3.57. The van der Waals surface area contributed by atoms with E-state index in [4.69, 9.17) is 4.74 Å². The molecule has 4 heterocycles. The highest BCUT2D eigenvalue weighted by atomic mass is 127. The number of fused-ring (bicyclic) bond motifs is 1. The lowest BCUT2D eigenvalue weighted by Crippen LogP contribution is -2.29. The first-order chi connectivity index (χ1) is 16.5. The zero-order valence-electron chi connectivity index (χ0n) is 18.5. The minimum absolute atomic E-state index is 0.00807. The monoisotopic (exact) mass is 613 g/mol. The van der Waals surface area contributed by atoms with Crippen molar-refractivity contribution in [3.8, 4) is 28.0 Å². The van der Waals surface area contributed by atoms with Crippen LogP contribution in [0.25, 0.3) is 33.3 Å². The van der Waals surface area contributed by atoms with Gasteiger partial charge in [0.05, 0.1) is 19.3 Å². The molecule has 0 aliphatic carbocycles. The van der Waals surface area contributed by atoms with Gasteiger partial charge in [0.15, 0.2) is 17.2 Å². The van der Waals surface area contributed by atoms with Gasteiger partial charge >= 0.3 is 0 Å². The van der Waals surface area contributed by atoms with Crippen molar-refractivity contribution < 1.29 is 13.5 Å². The molecule has 3 aromatic heterocycles. The number of ether oxygens (including phenoxy) is 1. The SMILES string of the molecule is COc1c(F)cc(F)cc1-c1cn(SI)c2ncc(-c3cnn(C4CCN(SC)CC4)c3)cc12. The molecule has 0 bridgehead atoms. The summed E-state index contributed by atoms with van der Waals surface area (Å²) in [7, 11) is 2.82. The number of rotatable bonds is 6. The van der Waals surface area contributed by atoms with Crippen molar-refractivity contribution in [3.63, 3.8) is 0 Å². The molecule has 1 saturated heterocycles. The van der Waals surface area contributed by atoms with E-state index in [9.17, 15) is 8.78 Å².